The van der Waals surface area contributed by atoms with Gasteiger partial charge in [0.05, 0.1) is 0 Å². The van der Waals surface area contributed by atoms with Crippen molar-refractivity contribution in [2.45, 2.75) is 58.3 Å². The molecule has 0 radical (unpaired) electrons. The highest BCUT2D eigenvalue weighted by Gasteiger charge is 2.27. The van der Waals surface area contributed by atoms with Gasteiger partial charge in [0.15, 0.2) is 5.96 Å². The zero-order valence-corrected chi connectivity index (χ0v) is 20.8. The molecule has 2 aromatic rings. The molecule has 0 aromatic heterocycles. The molecule has 0 spiro atoms. The predicted octanol–water partition coefficient (Wildman–Crippen LogP) is 4.94. The molecule has 2 aliphatic rings. The zero-order valence-electron chi connectivity index (χ0n) is 20.8. The fraction of sp³-hybridized carbons (Fsp3) is 0.464. The van der Waals surface area contributed by atoms with Crippen molar-refractivity contribution in [2.75, 3.05) is 25.0 Å². The van der Waals surface area contributed by atoms with Crippen molar-refractivity contribution in [3.8, 4) is 0 Å². The Labute approximate surface area is 208 Å². The number of hydrogen-bond donors (Lipinski definition) is 4. The number of nitrogens with one attached hydrogen (secondary N) is 4. The lowest BCUT2D eigenvalue weighted by Crippen LogP contribution is -2.44. The number of benzene rings is 2. The van der Waals surface area contributed by atoms with E-state index in [1.54, 1.807) is 0 Å². The Morgan fingerprint density at radius 2 is 1.83 bits per heavy atom. The van der Waals surface area contributed by atoms with Gasteiger partial charge < -0.3 is 21.3 Å². The van der Waals surface area contributed by atoms with Crippen LogP contribution in [0.1, 0.15) is 84.6 Å². The average molecular weight is 476 g/mol. The SMILES string of the molecule is CC(C)CCCCNC(=O)c1cccc(Nc2ccc(C(=O)N=C3NCCCN3)cc2C2CC2)c1. The molecule has 2 amide bonds. The highest BCUT2D eigenvalue weighted by atomic mass is 16.2. The molecule has 1 saturated carbocycles. The van der Waals surface area contributed by atoms with Crippen LogP contribution in [0.2, 0.25) is 0 Å². The number of rotatable bonds is 10. The molecule has 1 heterocycles. The molecule has 0 bridgehead atoms. The summed E-state index contributed by atoms with van der Waals surface area (Å²) in [6, 6.07) is 13.3. The van der Waals surface area contributed by atoms with Gasteiger partial charge in [-0.3, -0.25) is 9.59 Å². The second-order valence-corrected chi connectivity index (χ2v) is 9.90. The van der Waals surface area contributed by atoms with Crippen molar-refractivity contribution in [3.63, 3.8) is 0 Å². The number of unbranched alkanes of at least 4 members (excludes halogenated alkanes) is 1. The Hall–Kier alpha value is -3.35. The molecular weight excluding hydrogens is 438 g/mol. The van der Waals surface area contributed by atoms with Crippen LogP contribution in [-0.4, -0.2) is 37.4 Å². The minimum absolute atomic E-state index is 0.0504. The van der Waals surface area contributed by atoms with Crippen LogP contribution in [0.25, 0.3) is 0 Å². The van der Waals surface area contributed by atoms with Crippen LogP contribution in [0.5, 0.6) is 0 Å². The minimum Gasteiger partial charge on any atom is -0.356 e. The first-order chi connectivity index (χ1) is 17.0. The summed E-state index contributed by atoms with van der Waals surface area (Å²) in [5.41, 5.74) is 4.18. The van der Waals surface area contributed by atoms with Gasteiger partial charge >= 0.3 is 0 Å². The van der Waals surface area contributed by atoms with E-state index in [2.05, 4.69) is 40.1 Å². The van der Waals surface area contributed by atoms with Crippen LogP contribution in [0.15, 0.2) is 47.5 Å². The maximum absolute atomic E-state index is 12.7. The molecule has 4 N–H and O–H groups in total. The van der Waals surface area contributed by atoms with E-state index in [4.69, 9.17) is 0 Å². The number of anilines is 2. The smallest absolute Gasteiger partial charge is 0.280 e. The summed E-state index contributed by atoms with van der Waals surface area (Å²) in [6.45, 7) is 6.78. The number of hydrogen-bond acceptors (Lipinski definition) is 3. The van der Waals surface area contributed by atoms with E-state index in [0.717, 1.165) is 62.1 Å². The van der Waals surface area contributed by atoms with E-state index in [9.17, 15) is 9.59 Å². The number of carbonyl (C=O) groups is 2. The van der Waals surface area contributed by atoms with Crippen molar-refractivity contribution in [1.82, 2.24) is 16.0 Å². The molecule has 7 heteroatoms. The van der Waals surface area contributed by atoms with E-state index >= 15 is 0 Å². The third kappa shape index (κ3) is 7.31. The molecule has 2 aromatic carbocycles. The molecule has 1 saturated heterocycles. The van der Waals surface area contributed by atoms with E-state index in [-0.39, 0.29) is 11.8 Å². The lowest BCUT2D eigenvalue weighted by atomic mass is 10.0. The number of amides is 2. The van der Waals surface area contributed by atoms with E-state index in [1.165, 1.54) is 6.42 Å². The Bertz CT molecular complexity index is 1070. The number of carbonyl (C=O) groups excluding carboxylic acids is 2. The third-order valence-electron chi connectivity index (χ3n) is 6.37. The molecule has 186 valence electrons. The predicted molar refractivity (Wildman–Crippen MR) is 142 cm³/mol. The van der Waals surface area contributed by atoms with Gasteiger partial charge in [-0.2, -0.15) is 4.99 Å². The standard InChI is InChI=1S/C28H37N5O2/c1-19(2)7-3-4-14-29-26(34)21-8-5-9-23(17-21)32-25-13-12-22(18-24(25)20-10-11-20)27(35)33-28-30-15-6-16-31-28/h5,8-9,12-13,17-20,32H,3-4,6-7,10-11,14-16H2,1-2H3,(H,29,34)(H2,30,31,33,35). The summed E-state index contributed by atoms with van der Waals surface area (Å²) in [7, 11) is 0. The van der Waals surface area contributed by atoms with Crippen molar-refractivity contribution in [1.29, 1.82) is 0 Å². The van der Waals surface area contributed by atoms with Crippen molar-refractivity contribution >= 4 is 29.1 Å². The molecule has 2 fully saturated rings. The molecule has 0 atom stereocenters. The summed E-state index contributed by atoms with van der Waals surface area (Å²) in [4.78, 5) is 29.5. The van der Waals surface area contributed by atoms with Crippen LogP contribution >= 0.6 is 0 Å². The van der Waals surface area contributed by atoms with Crippen LogP contribution in [0.3, 0.4) is 0 Å². The Balaban J connectivity index is 1.41. The van der Waals surface area contributed by atoms with Crippen molar-refractivity contribution in [3.05, 3.63) is 59.2 Å². The Morgan fingerprint density at radius 3 is 2.57 bits per heavy atom. The fourth-order valence-electron chi connectivity index (χ4n) is 4.23. The summed E-state index contributed by atoms with van der Waals surface area (Å²) < 4.78 is 0. The monoisotopic (exact) mass is 475 g/mol. The summed E-state index contributed by atoms with van der Waals surface area (Å²) in [5.74, 6) is 1.39. The quantitative estimate of drug-likeness (QED) is 0.365. The lowest BCUT2D eigenvalue weighted by molar-refractivity contribution is 0.0951. The number of aliphatic imine (C=N–C) groups is 1. The normalized spacial score (nSPS) is 15.2. The Morgan fingerprint density at radius 1 is 1.03 bits per heavy atom. The molecular formula is C28H37N5O2. The Kier molecular flexibility index (Phi) is 8.40. The summed E-state index contributed by atoms with van der Waals surface area (Å²) >= 11 is 0. The minimum atomic E-state index is -0.248. The molecule has 4 rings (SSSR count). The van der Waals surface area contributed by atoms with Gasteiger partial charge in [-0.15, -0.1) is 0 Å². The molecule has 1 aliphatic heterocycles. The van der Waals surface area contributed by atoms with Gasteiger partial charge in [0, 0.05) is 42.1 Å². The van der Waals surface area contributed by atoms with E-state index in [0.29, 0.717) is 35.5 Å². The van der Waals surface area contributed by atoms with Crippen LogP contribution < -0.4 is 21.3 Å². The van der Waals surface area contributed by atoms with Gasteiger partial charge in [0.25, 0.3) is 11.8 Å². The topological polar surface area (TPSA) is 94.6 Å². The first-order valence-electron chi connectivity index (χ1n) is 12.9. The summed E-state index contributed by atoms with van der Waals surface area (Å²) in [6.07, 6.45) is 6.55. The van der Waals surface area contributed by atoms with Gasteiger partial charge in [-0.1, -0.05) is 32.8 Å². The second-order valence-electron chi connectivity index (χ2n) is 9.90. The highest BCUT2D eigenvalue weighted by Crippen LogP contribution is 2.44. The van der Waals surface area contributed by atoms with Crippen molar-refractivity contribution in [2.24, 2.45) is 10.9 Å². The van der Waals surface area contributed by atoms with E-state index < -0.39 is 0 Å². The molecule has 1 aliphatic carbocycles. The highest BCUT2D eigenvalue weighted by molar-refractivity contribution is 6.03. The third-order valence-corrected chi connectivity index (χ3v) is 6.37. The number of guanidine groups is 1. The molecule has 35 heavy (non-hydrogen) atoms. The van der Waals surface area contributed by atoms with Crippen LogP contribution in [0.4, 0.5) is 11.4 Å². The molecule has 0 unspecified atom stereocenters. The average Bonchev–Trinajstić information content (AvgIpc) is 3.70. The maximum atomic E-state index is 12.7. The van der Waals surface area contributed by atoms with Gasteiger partial charge in [0.2, 0.25) is 0 Å². The van der Waals surface area contributed by atoms with Gasteiger partial charge in [0.1, 0.15) is 0 Å². The zero-order chi connectivity index (χ0) is 24.6. The van der Waals surface area contributed by atoms with Gasteiger partial charge in [-0.25, -0.2) is 0 Å². The lowest BCUT2D eigenvalue weighted by Gasteiger charge is -2.17. The fourth-order valence-corrected chi connectivity index (χ4v) is 4.23. The number of nitrogens with zero attached hydrogens (tertiary/aromatic N) is 1. The van der Waals surface area contributed by atoms with Gasteiger partial charge in [-0.05, 0) is 79.5 Å². The second kappa shape index (κ2) is 11.9. The van der Waals surface area contributed by atoms with Crippen LogP contribution in [-0.2, 0) is 0 Å². The van der Waals surface area contributed by atoms with Crippen LogP contribution in [0, 0.1) is 5.92 Å². The maximum Gasteiger partial charge on any atom is 0.280 e. The van der Waals surface area contributed by atoms with Crippen molar-refractivity contribution < 1.29 is 9.59 Å². The first kappa shape index (κ1) is 24.8. The summed E-state index contributed by atoms with van der Waals surface area (Å²) in [5, 5.41) is 12.8. The molecule has 7 nitrogen and oxygen atoms in total. The first-order valence-corrected chi connectivity index (χ1v) is 12.9. The largest absolute Gasteiger partial charge is 0.356 e. The van der Waals surface area contributed by atoms with E-state index in [1.807, 2.05) is 42.5 Å².